The quantitative estimate of drug-likeness (QED) is 0.623. The van der Waals surface area contributed by atoms with Crippen LogP contribution in [-0.4, -0.2) is 26.0 Å². The molecule has 0 saturated carbocycles. The molecular formula is C13H13N5O5S. The number of non-ortho nitro benzene ring substituents is 1. The molecule has 0 saturated heterocycles. The molecule has 0 atom stereocenters. The van der Waals surface area contributed by atoms with Gasteiger partial charge >= 0.3 is 0 Å². The summed E-state index contributed by atoms with van der Waals surface area (Å²) in [5, 5.41) is 33.1. The zero-order valence-corrected chi connectivity index (χ0v) is 13.6. The molecule has 0 unspecified atom stereocenters. The third kappa shape index (κ3) is 3.68. The summed E-state index contributed by atoms with van der Waals surface area (Å²) in [6.07, 6.45) is 1.59. The maximum absolute atomic E-state index is 12.3. The molecule has 0 fully saturated rings. The Labute approximate surface area is 139 Å². The van der Waals surface area contributed by atoms with Crippen LogP contribution < -0.4 is 5.32 Å². The molecule has 24 heavy (non-hydrogen) atoms. The molecule has 1 N–H and O–H groups in total. The van der Waals surface area contributed by atoms with Crippen molar-refractivity contribution in [2.24, 2.45) is 0 Å². The van der Waals surface area contributed by atoms with E-state index in [1.54, 1.807) is 0 Å². The molecule has 0 aliphatic rings. The topological polar surface area (TPSA) is 141 Å². The molecule has 2 rings (SSSR count). The smallest absolute Gasteiger partial charge is 0.279 e. The number of aromatic nitrogens is 2. The van der Waals surface area contributed by atoms with Gasteiger partial charge in [0, 0.05) is 18.1 Å². The number of rotatable bonds is 6. The maximum atomic E-state index is 12.3. The Kier molecular flexibility index (Phi) is 5.14. The summed E-state index contributed by atoms with van der Waals surface area (Å²) in [5.74, 6) is -0.710. The van der Waals surface area contributed by atoms with E-state index in [1.807, 2.05) is 6.92 Å². The summed E-state index contributed by atoms with van der Waals surface area (Å²) >= 11 is 1.19. The van der Waals surface area contributed by atoms with Gasteiger partial charge in [-0.3, -0.25) is 30.3 Å². The Hall–Kier alpha value is -2.95. The molecule has 1 amide bonds. The number of nitro benzene ring substituents is 2. The molecule has 126 valence electrons. The second kappa shape index (κ2) is 7.08. The van der Waals surface area contributed by atoms with Gasteiger partial charge in [0.15, 0.2) is 0 Å². The van der Waals surface area contributed by atoms with Crippen molar-refractivity contribution in [3.05, 3.63) is 48.5 Å². The highest BCUT2D eigenvalue weighted by molar-refractivity contribution is 7.15. The van der Waals surface area contributed by atoms with Gasteiger partial charge in [0.2, 0.25) is 5.13 Å². The Bertz CT molecular complexity index is 819. The molecule has 0 bridgehead atoms. The first-order valence-electron chi connectivity index (χ1n) is 6.90. The van der Waals surface area contributed by atoms with E-state index in [1.165, 1.54) is 18.3 Å². The van der Waals surface area contributed by atoms with E-state index in [4.69, 9.17) is 0 Å². The van der Waals surface area contributed by atoms with Gasteiger partial charge in [-0.15, -0.1) is 10.2 Å². The summed E-state index contributed by atoms with van der Waals surface area (Å²) in [7, 11) is 0. The van der Waals surface area contributed by atoms with Crippen molar-refractivity contribution in [1.82, 2.24) is 10.2 Å². The van der Waals surface area contributed by atoms with E-state index in [2.05, 4.69) is 15.5 Å². The van der Waals surface area contributed by atoms with Crippen molar-refractivity contribution in [2.45, 2.75) is 26.7 Å². The van der Waals surface area contributed by atoms with Crippen LogP contribution in [0, 0.1) is 27.2 Å². The van der Waals surface area contributed by atoms with E-state index < -0.39 is 27.1 Å². The number of nitro groups is 2. The minimum Gasteiger partial charge on any atom is -0.296 e. The highest BCUT2D eigenvalue weighted by atomic mass is 32.1. The monoisotopic (exact) mass is 351 g/mol. The lowest BCUT2D eigenvalue weighted by atomic mass is 10.0. The number of nitrogens with zero attached hydrogens (tertiary/aromatic N) is 4. The lowest BCUT2D eigenvalue weighted by Crippen LogP contribution is -2.14. The largest absolute Gasteiger partial charge is 0.296 e. The zero-order chi connectivity index (χ0) is 17.9. The summed E-state index contributed by atoms with van der Waals surface area (Å²) < 4.78 is 0. The summed E-state index contributed by atoms with van der Waals surface area (Å²) in [6, 6.07) is 1.84. The van der Waals surface area contributed by atoms with Crippen molar-refractivity contribution >= 4 is 33.8 Å². The van der Waals surface area contributed by atoms with Crippen LogP contribution in [0.25, 0.3) is 0 Å². The lowest BCUT2D eigenvalue weighted by molar-refractivity contribution is -0.394. The van der Waals surface area contributed by atoms with Crippen LogP contribution in [-0.2, 0) is 6.42 Å². The molecule has 0 spiro atoms. The van der Waals surface area contributed by atoms with E-state index in [-0.39, 0.29) is 16.3 Å². The molecule has 10 nitrogen and oxygen atoms in total. The van der Waals surface area contributed by atoms with Gasteiger partial charge in [-0.25, -0.2) is 0 Å². The number of carbonyl (C=O) groups excluding carboxylic acids is 1. The van der Waals surface area contributed by atoms with Gasteiger partial charge in [-0.2, -0.15) is 0 Å². The highest BCUT2D eigenvalue weighted by Gasteiger charge is 2.25. The first-order valence-corrected chi connectivity index (χ1v) is 7.72. The number of hydrogen-bond donors (Lipinski definition) is 1. The van der Waals surface area contributed by atoms with E-state index >= 15 is 0 Å². The summed E-state index contributed by atoms with van der Waals surface area (Å²) in [5.41, 5.74) is -1.12. The average molecular weight is 351 g/mol. The van der Waals surface area contributed by atoms with Crippen LogP contribution in [0.4, 0.5) is 16.5 Å². The average Bonchev–Trinajstić information content (AvgIpc) is 2.94. The van der Waals surface area contributed by atoms with Gasteiger partial charge < -0.3 is 0 Å². The summed E-state index contributed by atoms with van der Waals surface area (Å²) in [4.78, 5) is 32.8. The number of amides is 1. The lowest BCUT2D eigenvalue weighted by Gasteiger charge is -2.06. The Balaban J connectivity index is 2.36. The number of nitrogens with one attached hydrogen (secondary N) is 1. The van der Waals surface area contributed by atoms with E-state index in [0.29, 0.717) is 0 Å². The molecule has 0 radical (unpaired) electrons. The third-order valence-corrected chi connectivity index (χ3v) is 4.07. The van der Waals surface area contributed by atoms with Crippen LogP contribution in [0.1, 0.15) is 34.3 Å². The van der Waals surface area contributed by atoms with Gasteiger partial charge in [0.25, 0.3) is 17.3 Å². The number of carbonyl (C=O) groups is 1. The normalized spacial score (nSPS) is 10.4. The minimum atomic E-state index is -0.784. The number of aryl methyl sites for hydroxylation is 1. The first-order chi connectivity index (χ1) is 11.3. The fourth-order valence-corrected chi connectivity index (χ4v) is 2.83. The van der Waals surface area contributed by atoms with Gasteiger partial charge in [0.05, 0.1) is 21.5 Å². The van der Waals surface area contributed by atoms with Gasteiger partial charge in [-0.05, 0) is 13.3 Å². The molecule has 11 heteroatoms. The predicted octanol–water partition coefficient (Wildman–Crippen LogP) is 2.87. The second-order valence-corrected chi connectivity index (χ2v) is 5.92. The van der Waals surface area contributed by atoms with Gasteiger partial charge in [0.1, 0.15) is 5.01 Å². The van der Waals surface area contributed by atoms with Crippen LogP contribution in [0.3, 0.4) is 0 Å². The van der Waals surface area contributed by atoms with Crippen LogP contribution in [0.2, 0.25) is 0 Å². The fourth-order valence-electron chi connectivity index (χ4n) is 2.00. The molecule has 2 aromatic rings. The van der Waals surface area contributed by atoms with Gasteiger partial charge in [-0.1, -0.05) is 18.3 Å². The number of anilines is 1. The number of hydrogen-bond acceptors (Lipinski definition) is 8. The zero-order valence-electron chi connectivity index (χ0n) is 12.8. The molecular weight excluding hydrogens is 338 g/mol. The number of benzene rings is 1. The van der Waals surface area contributed by atoms with Crippen molar-refractivity contribution in [1.29, 1.82) is 0 Å². The van der Waals surface area contributed by atoms with Crippen molar-refractivity contribution in [3.63, 3.8) is 0 Å². The molecule has 1 aromatic heterocycles. The minimum absolute atomic E-state index is 0.0430. The molecule has 0 aliphatic heterocycles. The van der Waals surface area contributed by atoms with E-state index in [9.17, 15) is 25.0 Å². The molecule has 0 aliphatic carbocycles. The Morgan fingerprint density at radius 1 is 1.25 bits per heavy atom. The van der Waals surface area contributed by atoms with E-state index in [0.717, 1.165) is 30.0 Å². The van der Waals surface area contributed by atoms with Crippen molar-refractivity contribution in [3.8, 4) is 0 Å². The Morgan fingerprint density at radius 2 is 1.96 bits per heavy atom. The highest BCUT2D eigenvalue weighted by Crippen LogP contribution is 2.29. The standard InChI is InChI=1S/C13H13N5O5S/c1-3-4-11-15-16-13(24-11)14-12(19)9-5-8(17(20)21)6-10(7(9)2)18(22)23/h5-6H,3-4H2,1-2H3,(H,14,16,19). The Morgan fingerprint density at radius 3 is 2.54 bits per heavy atom. The maximum Gasteiger partial charge on any atom is 0.279 e. The summed E-state index contributed by atoms with van der Waals surface area (Å²) in [6.45, 7) is 3.34. The second-order valence-electron chi connectivity index (χ2n) is 4.86. The van der Waals surface area contributed by atoms with Crippen molar-refractivity contribution < 1.29 is 14.6 Å². The SMILES string of the molecule is CCCc1nnc(NC(=O)c2cc([N+](=O)[O-])cc([N+](=O)[O-])c2C)s1. The first kappa shape index (κ1) is 17.4. The fraction of sp³-hybridized carbons (Fsp3) is 0.308. The predicted molar refractivity (Wildman–Crippen MR) is 86.3 cm³/mol. The van der Waals surface area contributed by atoms with Crippen LogP contribution >= 0.6 is 11.3 Å². The third-order valence-electron chi connectivity index (χ3n) is 3.17. The molecule has 1 aromatic carbocycles. The molecule has 1 heterocycles. The van der Waals surface area contributed by atoms with Crippen LogP contribution in [0.15, 0.2) is 12.1 Å². The van der Waals surface area contributed by atoms with Crippen LogP contribution in [0.5, 0.6) is 0 Å². The van der Waals surface area contributed by atoms with Crippen molar-refractivity contribution in [2.75, 3.05) is 5.32 Å².